The molecular weight excluding hydrogens is 252 g/mol. The van der Waals surface area contributed by atoms with E-state index in [2.05, 4.69) is 5.32 Å². The van der Waals surface area contributed by atoms with Gasteiger partial charge in [-0.15, -0.1) is 0 Å². The van der Waals surface area contributed by atoms with Gasteiger partial charge in [0.05, 0.1) is 0 Å². The number of hydrogen-bond acceptors (Lipinski definition) is 3. The van der Waals surface area contributed by atoms with Gasteiger partial charge in [-0.25, -0.2) is 0 Å². The van der Waals surface area contributed by atoms with E-state index in [4.69, 9.17) is 10.5 Å². The first-order valence-electron chi connectivity index (χ1n) is 6.44. The van der Waals surface area contributed by atoms with Crippen molar-refractivity contribution in [3.8, 4) is 5.75 Å². The van der Waals surface area contributed by atoms with Gasteiger partial charge in [0.1, 0.15) is 12.4 Å². The molecule has 0 bridgehead atoms. The van der Waals surface area contributed by atoms with E-state index in [1.165, 1.54) is 5.56 Å². The molecule has 2 aromatic carbocycles. The van der Waals surface area contributed by atoms with Crippen LogP contribution in [-0.2, 0) is 13.2 Å². The molecule has 0 spiro atoms. The average molecular weight is 270 g/mol. The van der Waals surface area contributed by atoms with Gasteiger partial charge in [-0.2, -0.15) is 0 Å². The Kier molecular flexibility index (Phi) is 4.74. The first-order valence-corrected chi connectivity index (χ1v) is 6.44. The Hall–Kier alpha value is -2.33. The molecule has 0 aromatic heterocycles. The van der Waals surface area contributed by atoms with E-state index in [1.807, 2.05) is 43.4 Å². The zero-order valence-electron chi connectivity index (χ0n) is 11.4. The lowest BCUT2D eigenvalue weighted by atomic mass is 10.1. The van der Waals surface area contributed by atoms with Gasteiger partial charge in [0.15, 0.2) is 0 Å². The van der Waals surface area contributed by atoms with Crippen LogP contribution in [0, 0.1) is 0 Å². The molecule has 4 nitrogen and oxygen atoms in total. The molecule has 0 unspecified atom stereocenters. The first-order chi connectivity index (χ1) is 9.69. The molecule has 104 valence electrons. The minimum absolute atomic E-state index is 0.419. The topological polar surface area (TPSA) is 64.3 Å². The number of carbonyl (C=O) groups is 1. The van der Waals surface area contributed by atoms with Crippen molar-refractivity contribution in [3.05, 3.63) is 65.2 Å². The summed E-state index contributed by atoms with van der Waals surface area (Å²) in [5.74, 6) is 0.411. The monoisotopic (exact) mass is 270 g/mol. The maximum Gasteiger partial charge on any atom is 0.248 e. The summed E-state index contributed by atoms with van der Waals surface area (Å²) in [4.78, 5) is 11.0. The third-order valence-corrected chi connectivity index (χ3v) is 2.92. The van der Waals surface area contributed by atoms with Crippen LogP contribution < -0.4 is 15.8 Å². The second-order valence-corrected chi connectivity index (χ2v) is 4.53. The second-order valence-electron chi connectivity index (χ2n) is 4.53. The van der Waals surface area contributed by atoms with Gasteiger partial charge in [0.25, 0.3) is 0 Å². The normalized spacial score (nSPS) is 10.2. The number of hydrogen-bond donors (Lipinski definition) is 2. The third kappa shape index (κ3) is 3.83. The van der Waals surface area contributed by atoms with Crippen molar-refractivity contribution in [2.75, 3.05) is 7.05 Å². The van der Waals surface area contributed by atoms with E-state index >= 15 is 0 Å². The quantitative estimate of drug-likeness (QED) is 0.844. The van der Waals surface area contributed by atoms with E-state index in [0.29, 0.717) is 12.2 Å². The zero-order valence-corrected chi connectivity index (χ0v) is 11.4. The lowest BCUT2D eigenvalue weighted by Gasteiger charge is -2.08. The van der Waals surface area contributed by atoms with Crippen LogP contribution in [0.1, 0.15) is 21.5 Å². The number of benzene rings is 2. The van der Waals surface area contributed by atoms with Gasteiger partial charge in [0.2, 0.25) is 5.91 Å². The van der Waals surface area contributed by atoms with Gasteiger partial charge < -0.3 is 15.8 Å². The molecule has 0 aliphatic rings. The van der Waals surface area contributed by atoms with Crippen LogP contribution in [0.2, 0.25) is 0 Å². The van der Waals surface area contributed by atoms with Crippen molar-refractivity contribution in [1.29, 1.82) is 0 Å². The SMILES string of the molecule is CNCc1cccc(OCc2ccc(C(N)=O)cc2)c1. The summed E-state index contributed by atoms with van der Waals surface area (Å²) in [6.45, 7) is 1.27. The molecule has 0 fully saturated rings. The fraction of sp³-hybridized carbons (Fsp3) is 0.188. The van der Waals surface area contributed by atoms with E-state index in [0.717, 1.165) is 17.9 Å². The maximum absolute atomic E-state index is 11.0. The molecule has 0 aliphatic heterocycles. The lowest BCUT2D eigenvalue weighted by molar-refractivity contribution is 0.1000. The third-order valence-electron chi connectivity index (χ3n) is 2.92. The predicted octanol–water partition coefficient (Wildman–Crippen LogP) is 2.08. The van der Waals surface area contributed by atoms with E-state index in [9.17, 15) is 4.79 Å². The molecule has 0 saturated heterocycles. The molecule has 0 aliphatic carbocycles. The Labute approximate surface area is 118 Å². The van der Waals surface area contributed by atoms with Crippen LogP contribution in [0.3, 0.4) is 0 Å². The highest BCUT2D eigenvalue weighted by Gasteiger charge is 2.01. The summed E-state index contributed by atoms with van der Waals surface area (Å²) >= 11 is 0. The smallest absolute Gasteiger partial charge is 0.248 e. The number of ether oxygens (including phenoxy) is 1. The minimum atomic E-state index is -0.419. The Morgan fingerprint density at radius 2 is 1.90 bits per heavy atom. The van der Waals surface area contributed by atoms with Crippen molar-refractivity contribution in [2.45, 2.75) is 13.2 Å². The lowest BCUT2D eigenvalue weighted by Crippen LogP contribution is -2.10. The van der Waals surface area contributed by atoms with Gasteiger partial charge in [-0.1, -0.05) is 24.3 Å². The molecule has 2 aromatic rings. The summed E-state index contributed by atoms with van der Waals surface area (Å²) < 4.78 is 5.74. The molecule has 2 rings (SSSR count). The van der Waals surface area contributed by atoms with Crippen LogP contribution in [0.4, 0.5) is 0 Å². The number of nitrogens with two attached hydrogens (primary N) is 1. The van der Waals surface area contributed by atoms with Crippen LogP contribution in [-0.4, -0.2) is 13.0 Å². The Balaban J connectivity index is 1.97. The number of nitrogens with one attached hydrogen (secondary N) is 1. The van der Waals surface area contributed by atoms with E-state index in [-0.39, 0.29) is 0 Å². The standard InChI is InChI=1S/C16H18N2O2/c1-18-10-13-3-2-4-15(9-13)20-11-12-5-7-14(8-6-12)16(17)19/h2-9,18H,10-11H2,1H3,(H2,17,19). The number of amides is 1. The highest BCUT2D eigenvalue weighted by Crippen LogP contribution is 2.15. The number of carbonyl (C=O) groups excluding carboxylic acids is 1. The molecule has 20 heavy (non-hydrogen) atoms. The summed E-state index contributed by atoms with van der Waals surface area (Å²) in [5.41, 5.74) is 7.87. The number of primary amides is 1. The van der Waals surface area contributed by atoms with E-state index < -0.39 is 5.91 Å². The zero-order chi connectivity index (χ0) is 14.4. The van der Waals surface area contributed by atoms with Crippen LogP contribution in [0.5, 0.6) is 5.75 Å². The van der Waals surface area contributed by atoms with Crippen molar-refractivity contribution in [1.82, 2.24) is 5.32 Å². The summed E-state index contributed by atoms with van der Waals surface area (Å²) in [6.07, 6.45) is 0. The first kappa shape index (κ1) is 14.1. The van der Waals surface area contributed by atoms with Gasteiger partial charge in [-0.05, 0) is 42.4 Å². The van der Waals surface area contributed by atoms with Crippen molar-refractivity contribution in [3.63, 3.8) is 0 Å². The Morgan fingerprint density at radius 3 is 2.55 bits per heavy atom. The fourth-order valence-corrected chi connectivity index (χ4v) is 1.88. The van der Waals surface area contributed by atoms with Gasteiger partial charge in [-0.3, -0.25) is 4.79 Å². The van der Waals surface area contributed by atoms with Crippen LogP contribution >= 0.6 is 0 Å². The summed E-state index contributed by atoms with van der Waals surface area (Å²) in [7, 11) is 1.91. The fourth-order valence-electron chi connectivity index (χ4n) is 1.88. The Morgan fingerprint density at radius 1 is 1.15 bits per heavy atom. The molecular formula is C16H18N2O2. The molecule has 1 amide bonds. The van der Waals surface area contributed by atoms with Gasteiger partial charge in [0, 0.05) is 12.1 Å². The molecule has 0 saturated carbocycles. The molecule has 0 radical (unpaired) electrons. The van der Waals surface area contributed by atoms with Crippen molar-refractivity contribution >= 4 is 5.91 Å². The largest absolute Gasteiger partial charge is 0.489 e. The van der Waals surface area contributed by atoms with Crippen molar-refractivity contribution < 1.29 is 9.53 Å². The maximum atomic E-state index is 11.0. The highest BCUT2D eigenvalue weighted by atomic mass is 16.5. The number of rotatable bonds is 6. The van der Waals surface area contributed by atoms with Crippen LogP contribution in [0.15, 0.2) is 48.5 Å². The second kappa shape index (κ2) is 6.73. The minimum Gasteiger partial charge on any atom is -0.489 e. The molecule has 3 N–H and O–H groups in total. The summed E-state index contributed by atoms with van der Waals surface area (Å²) in [6, 6.07) is 15.1. The average Bonchev–Trinajstić information content (AvgIpc) is 2.46. The Bertz CT molecular complexity index is 579. The summed E-state index contributed by atoms with van der Waals surface area (Å²) in [5, 5.41) is 3.10. The van der Waals surface area contributed by atoms with Crippen LogP contribution in [0.25, 0.3) is 0 Å². The van der Waals surface area contributed by atoms with E-state index in [1.54, 1.807) is 12.1 Å². The van der Waals surface area contributed by atoms with Gasteiger partial charge >= 0.3 is 0 Å². The van der Waals surface area contributed by atoms with Crippen molar-refractivity contribution in [2.24, 2.45) is 5.73 Å². The highest BCUT2D eigenvalue weighted by molar-refractivity contribution is 5.92. The molecule has 4 heteroatoms. The predicted molar refractivity (Wildman–Crippen MR) is 78.5 cm³/mol. The molecule has 0 heterocycles. The molecule has 0 atom stereocenters.